The molecular weight excluding hydrogens is 1580 g/mol. The molecule has 552 valence electrons. The molecule has 113 heavy (non-hydrogen) atoms. The van der Waals surface area contributed by atoms with Crippen LogP contribution >= 0.6 is 47.8 Å². The van der Waals surface area contributed by atoms with Crippen LogP contribution in [0.2, 0.25) is 0 Å². The lowest BCUT2D eigenvalue weighted by Gasteiger charge is -2.31. The number of halogens is 3. The monoisotopic (exact) mass is 1660 g/mol. The van der Waals surface area contributed by atoms with E-state index in [0.717, 1.165) is 130 Å². The van der Waals surface area contributed by atoms with Crippen LogP contribution in [-0.4, -0.2) is 29.3 Å². The fourth-order valence-corrected chi connectivity index (χ4v) is 14.9. The average molecular weight is 1660 g/mol. The Balaban J connectivity index is 0.000000148. The maximum Gasteiger partial charge on any atom is 0.149 e. The van der Waals surface area contributed by atoms with E-state index in [-0.39, 0.29) is 7.43 Å². The molecule has 0 amide bonds. The Hall–Kier alpha value is -11.9. The van der Waals surface area contributed by atoms with Gasteiger partial charge >= 0.3 is 0 Å². The molecule has 16 aromatic carbocycles. The predicted molar refractivity (Wildman–Crippen MR) is 489 cm³/mol. The van der Waals surface area contributed by atoms with Gasteiger partial charge in [0.25, 0.3) is 0 Å². The smallest absolute Gasteiger partial charge is 0.149 e. The number of fused-ring (bicyclic) bond motifs is 6. The van der Waals surface area contributed by atoms with E-state index < -0.39 is 11.2 Å². The molecule has 6 nitrogen and oxygen atoms in total. The number of aliphatic hydroxyl groups is 2. The number of hydrogen-bond acceptors (Lipinski definition) is 6. The Labute approximate surface area is 688 Å². The van der Waals surface area contributed by atoms with Gasteiger partial charge in [-0.2, -0.15) is 0 Å². The normalized spacial score (nSPS) is 11.2. The van der Waals surface area contributed by atoms with Gasteiger partial charge in [-0.3, -0.25) is 0 Å². The number of furan rings is 2. The van der Waals surface area contributed by atoms with Crippen LogP contribution in [0.1, 0.15) is 35.1 Å². The van der Waals surface area contributed by atoms with Crippen LogP contribution < -0.4 is 15.3 Å². The second kappa shape index (κ2) is 34.8. The molecule has 0 aliphatic carbocycles. The van der Waals surface area contributed by atoms with Gasteiger partial charge in [-0.15, -0.1) is 0 Å². The highest BCUT2D eigenvalue weighted by atomic mass is 79.9. The van der Waals surface area contributed by atoms with Crippen molar-refractivity contribution in [3.8, 4) is 77.9 Å². The molecule has 0 fully saturated rings. The van der Waals surface area contributed by atoms with E-state index in [1.54, 1.807) is 27.7 Å². The van der Waals surface area contributed by atoms with Crippen LogP contribution in [0.4, 0.5) is 34.1 Å². The first-order chi connectivity index (χ1) is 54.5. The Morgan fingerprint density at radius 3 is 0.752 bits per heavy atom. The van der Waals surface area contributed by atoms with E-state index in [0.29, 0.717) is 0 Å². The Kier molecular flexibility index (Phi) is 24.0. The van der Waals surface area contributed by atoms with Crippen molar-refractivity contribution < 1.29 is 19.0 Å². The molecule has 2 radical (unpaired) electrons. The SMILES string of the molecule is Brc1cccc2c1oc1c(-c3cccc(-c4ccc(N(c5ccc(-c6ccccc6)cc5)c5ccc(-c6ccccc6)cc5)cc4)c3)cccc12.Brc1cccc2c1oc1c(Br)cccc12.C.CC(C)(O)C(C)(C)O.[B]c1cccc(-c2ccc(N(c3ccc(-c4ccccc4)cc3)c3ccc(-c4ccccc4)cc3)cc2)c1. The highest BCUT2D eigenvalue weighted by Crippen LogP contribution is 2.44. The first-order valence-corrected chi connectivity index (χ1v) is 39.5. The highest BCUT2D eigenvalue weighted by Gasteiger charge is 2.32. The molecule has 2 N–H and O–H groups in total. The molecular formula is C103H82BBr3N2O4. The minimum absolute atomic E-state index is 0. The second-order valence-electron chi connectivity index (χ2n) is 28.5. The molecule has 0 saturated carbocycles. The fraction of sp³-hybridized carbons (Fsp3) is 0.0680. The van der Waals surface area contributed by atoms with Gasteiger partial charge in [0.15, 0.2) is 0 Å². The van der Waals surface area contributed by atoms with Crippen LogP contribution in [0, 0.1) is 0 Å². The third-order valence-electron chi connectivity index (χ3n) is 20.3. The van der Waals surface area contributed by atoms with Crippen molar-refractivity contribution in [3.05, 3.63) is 402 Å². The highest BCUT2D eigenvalue weighted by molar-refractivity contribution is 9.11. The zero-order chi connectivity index (χ0) is 77.3. The van der Waals surface area contributed by atoms with Gasteiger partial charge in [0.2, 0.25) is 0 Å². The summed E-state index contributed by atoms with van der Waals surface area (Å²) in [6.45, 7) is 6.31. The van der Waals surface area contributed by atoms with Crippen molar-refractivity contribution in [3.63, 3.8) is 0 Å². The summed E-state index contributed by atoms with van der Waals surface area (Å²) in [6.07, 6.45) is 0. The topological polar surface area (TPSA) is 73.2 Å². The summed E-state index contributed by atoms with van der Waals surface area (Å²) in [6, 6.07) is 136. The van der Waals surface area contributed by atoms with Crippen molar-refractivity contribution in [2.45, 2.75) is 46.3 Å². The van der Waals surface area contributed by atoms with Gasteiger partial charge in [-0.25, -0.2) is 0 Å². The lowest BCUT2D eigenvalue weighted by Crippen LogP contribution is -2.44. The lowest BCUT2D eigenvalue weighted by atomic mass is 9.90. The average Bonchev–Trinajstić information content (AvgIpc) is 1.69. The van der Waals surface area contributed by atoms with Gasteiger partial charge in [-0.1, -0.05) is 304 Å². The lowest BCUT2D eigenvalue weighted by molar-refractivity contribution is -0.107. The zero-order valence-electron chi connectivity index (χ0n) is 62.3. The number of rotatable bonds is 14. The van der Waals surface area contributed by atoms with Crippen LogP contribution in [0.15, 0.2) is 410 Å². The Morgan fingerprint density at radius 2 is 0.460 bits per heavy atom. The van der Waals surface area contributed by atoms with E-state index in [4.69, 9.17) is 26.9 Å². The summed E-state index contributed by atoms with van der Waals surface area (Å²) >= 11 is 10.7. The fourth-order valence-electron chi connectivity index (χ4n) is 13.6. The van der Waals surface area contributed by atoms with Crippen molar-refractivity contribution in [2.24, 2.45) is 0 Å². The van der Waals surface area contributed by atoms with Gasteiger partial charge in [-0.05, 0) is 245 Å². The standard InChI is InChI=1S/C48H32BrNO.C36H26BN.C12H6Br2O.C6H14O2.CH4/c49-46-19-9-18-45-44-17-8-16-43(47(44)51-48(45)46)39-15-7-14-38(32-39)37-24-30-42(31-25-37)50(40-26-20-35(21-27-40)33-10-3-1-4-11-33)41-28-22-36(23-29-41)34-12-5-2-6-13-34;37-33-13-7-12-32(26-33)31-18-24-36(25-19-31)38(34-20-14-29(15-21-34)27-8-3-1-4-9-27)35-22-16-30(17-23-35)28-10-5-2-6-11-28;13-9-5-1-3-7-8-4-2-6-10(14)12(8)15-11(7)9;1-5(2,7)6(3,4)8;/h1-32H;1-26H;1-6H;7-8H,1-4H3;1H4. The minimum atomic E-state index is -1.01. The summed E-state index contributed by atoms with van der Waals surface area (Å²) in [4.78, 5) is 4.62. The molecule has 0 aliphatic heterocycles. The van der Waals surface area contributed by atoms with Crippen LogP contribution in [0.25, 0.3) is 122 Å². The summed E-state index contributed by atoms with van der Waals surface area (Å²) < 4.78 is 15.2. The number of nitrogens with zero attached hydrogens (tertiary/aromatic N) is 2. The van der Waals surface area contributed by atoms with Crippen molar-refractivity contribution in [1.29, 1.82) is 0 Å². The van der Waals surface area contributed by atoms with Crippen molar-refractivity contribution in [2.75, 3.05) is 9.80 Å². The zero-order valence-corrected chi connectivity index (χ0v) is 67.0. The maximum absolute atomic E-state index is 9.10. The number of benzene rings is 16. The second-order valence-corrected chi connectivity index (χ2v) is 31.0. The van der Waals surface area contributed by atoms with Gasteiger partial charge < -0.3 is 28.8 Å². The number of para-hydroxylation sites is 4. The van der Waals surface area contributed by atoms with Crippen LogP contribution in [-0.2, 0) is 0 Å². The van der Waals surface area contributed by atoms with E-state index in [2.05, 4.69) is 385 Å². The number of hydrogen-bond donors (Lipinski definition) is 2. The molecule has 10 heteroatoms. The Morgan fingerprint density at radius 1 is 0.239 bits per heavy atom. The predicted octanol–water partition coefficient (Wildman–Crippen LogP) is 29.7. The quantitative estimate of drug-likeness (QED) is 0.106. The summed E-state index contributed by atoms with van der Waals surface area (Å²) in [5.74, 6) is 0. The molecule has 0 aliphatic rings. The summed E-state index contributed by atoms with van der Waals surface area (Å²) in [5, 5.41) is 22.7. The van der Waals surface area contributed by atoms with E-state index in [1.165, 1.54) is 44.5 Å². The van der Waals surface area contributed by atoms with Crippen LogP contribution in [0.3, 0.4) is 0 Å². The molecule has 2 aromatic heterocycles. The molecule has 0 saturated heterocycles. The molecule has 0 atom stereocenters. The third-order valence-corrected chi connectivity index (χ3v) is 22.2. The Bertz CT molecular complexity index is 5970. The van der Waals surface area contributed by atoms with Crippen LogP contribution in [0.5, 0.6) is 0 Å². The van der Waals surface area contributed by atoms with Gasteiger partial charge in [0, 0.05) is 61.2 Å². The summed E-state index contributed by atoms with van der Waals surface area (Å²) in [5.41, 5.74) is 25.3. The van der Waals surface area contributed by atoms with E-state index in [9.17, 15) is 0 Å². The molecule has 0 spiro atoms. The molecule has 18 aromatic rings. The van der Waals surface area contributed by atoms with E-state index in [1.807, 2.05) is 60.7 Å². The molecule has 2 heterocycles. The maximum atomic E-state index is 9.10. The minimum Gasteiger partial charge on any atom is -0.454 e. The molecule has 0 bridgehead atoms. The molecule has 0 unspecified atom stereocenters. The third kappa shape index (κ3) is 17.7. The van der Waals surface area contributed by atoms with Gasteiger partial charge in [0.1, 0.15) is 30.2 Å². The number of anilines is 6. The first kappa shape index (κ1) is 77.9. The largest absolute Gasteiger partial charge is 0.454 e. The first-order valence-electron chi connectivity index (χ1n) is 37.2. The van der Waals surface area contributed by atoms with Crippen molar-refractivity contribution in [1.82, 2.24) is 0 Å². The van der Waals surface area contributed by atoms with Crippen molar-refractivity contribution >= 4 is 139 Å². The molecule has 18 rings (SSSR count). The summed E-state index contributed by atoms with van der Waals surface area (Å²) in [7, 11) is 6.03. The van der Waals surface area contributed by atoms with Gasteiger partial charge in [0.05, 0.1) is 24.6 Å². The van der Waals surface area contributed by atoms with E-state index >= 15 is 0 Å².